The minimum Gasteiger partial charge on any atom is -0.454 e. The minimum absolute atomic E-state index is 0.0171. The molecule has 23 heavy (non-hydrogen) atoms. The highest BCUT2D eigenvalue weighted by molar-refractivity contribution is 14.1. The summed E-state index contributed by atoms with van der Waals surface area (Å²) < 4.78 is 11.4. The van der Waals surface area contributed by atoms with E-state index in [2.05, 4.69) is 27.9 Å². The second-order valence-electron chi connectivity index (χ2n) is 4.72. The molecule has 114 valence electrons. The van der Waals surface area contributed by atoms with E-state index >= 15 is 0 Å². The summed E-state index contributed by atoms with van der Waals surface area (Å²) in [5, 5.41) is 12.0. The fraction of sp³-hybridized carbons (Fsp3) is 0.0588. The molecule has 0 saturated carbocycles. The third-order valence-electron chi connectivity index (χ3n) is 3.19. The SMILES string of the molecule is N#C/C(=C\c1ccc2c(c1)OCO2)C(=O)Nc1ccccc1I. The Morgan fingerprint density at radius 1 is 1.22 bits per heavy atom. The van der Waals surface area contributed by atoms with Crippen LogP contribution in [-0.4, -0.2) is 12.7 Å². The van der Waals surface area contributed by atoms with Gasteiger partial charge >= 0.3 is 0 Å². The van der Waals surface area contributed by atoms with Crippen LogP contribution in [0.4, 0.5) is 5.69 Å². The summed E-state index contributed by atoms with van der Waals surface area (Å²) in [5.41, 5.74) is 1.39. The Kier molecular flexibility index (Phi) is 4.48. The lowest BCUT2D eigenvalue weighted by molar-refractivity contribution is -0.112. The summed E-state index contributed by atoms with van der Waals surface area (Å²) in [5.74, 6) is 0.812. The molecule has 5 nitrogen and oxygen atoms in total. The lowest BCUT2D eigenvalue weighted by Crippen LogP contribution is -2.14. The number of para-hydroxylation sites is 1. The van der Waals surface area contributed by atoms with Gasteiger partial charge in [-0.2, -0.15) is 5.26 Å². The quantitative estimate of drug-likeness (QED) is 0.470. The standard InChI is InChI=1S/C17H11IN2O3/c18-13-3-1-2-4-14(13)20-17(21)12(9-19)7-11-5-6-15-16(8-11)23-10-22-15/h1-8H,10H2,(H,20,21)/b12-7+. The monoisotopic (exact) mass is 418 g/mol. The van der Waals surface area contributed by atoms with Gasteiger partial charge in [-0.15, -0.1) is 0 Å². The molecule has 0 saturated heterocycles. The Morgan fingerprint density at radius 3 is 2.78 bits per heavy atom. The van der Waals surface area contributed by atoms with Gasteiger partial charge in [-0.25, -0.2) is 0 Å². The molecule has 0 spiro atoms. The molecule has 1 amide bonds. The van der Waals surface area contributed by atoms with Crippen molar-refractivity contribution in [3.63, 3.8) is 0 Å². The number of rotatable bonds is 3. The van der Waals surface area contributed by atoms with Gasteiger partial charge in [0.2, 0.25) is 6.79 Å². The van der Waals surface area contributed by atoms with Crippen molar-refractivity contribution >= 4 is 40.3 Å². The number of amides is 1. The highest BCUT2D eigenvalue weighted by atomic mass is 127. The number of nitrogens with zero attached hydrogens (tertiary/aromatic N) is 1. The first-order valence-corrected chi connectivity index (χ1v) is 7.82. The van der Waals surface area contributed by atoms with Crippen molar-refractivity contribution in [3.05, 3.63) is 57.2 Å². The Balaban J connectivity index is 1.83. The number of fused-ring (bicyclic) bond motifs is 1. The normalized spacial score (nSPS) is 12.6. The Bertz CT molecular complexity index is 840. The molecule has 1 heterocycles. The number of anilines is 1. The molecule has 0 radical (unpaired) electrons. The molecule has 6 heteroatoms. The number of carbonyl (C=O) groups is 1. The van der Waals surface area contributed by atoms with Gasteiger partial charge in [-0.05, 0) is 58.5 Å². The number of halogens is 1. The number of carbonyl (C=O) groups excluding carboxylic acids is 1. The summed E-state index contributed by atoms with van der Waals surface area (Å²) in [4.78, 5) is 12.3. The van der Waals surface area contributed by atoms with E-state index in [9.17, 15) is 10.1 Å². The molecule has 0 bridgehead atoms. The molecular formula is C17H11IN2O3. The van der Waals surface area contributed by atoms with E-state index in [1.54, 1.807) is 24.3 Å². The number of nitrogens with one attached hydrogen (secondary N) is 1. The maximum atomic E-state index is 12.3. The van der Waals surface area contributed by atoms with Crippen molar-refractivity contribution < 1.29 is 14.3 Å². The van der Waals surface area contributed by atoms with Gasteiger partial charge in [0.05, 0.1) is 5.69 Å². The largest absolute Gasteiger partial charge is 0.454 e. The number of hydrogen-bond acceptors (Lipinski definition) is 4. The average Bonchev–Trinajstić information content (AvgIpc) is 3.02. The highest BCUT2D eigenvalue weighted by Gasteiger charge is 2.15. The molecule has 2 aromatic carbocycles. The van der Waals surface area contributed by atoms with Gasteiger partial charge in [-0.1, -0.05) is 18.2 Å². The molecule has 0 aliphatic carbocycles. The van der Waals surface area contributed by atoms with E-state index in [0.717, 1.165) is 3.57 Å². The molecule has 0 fully saturated rings. The topological polar surface area (TPSA) is 71.3 Å². The van der Waals surface area contributed by atoms with Gasteiger partial charge in [0.15, 0.2) is 11.5 Å². The van der Waals surface area contributed by atoms with Crippen LogP contribution in [0.15, 0.2) is 48.0 Å². The molecular weight excluding hydrogens is 407 g/mol. The number of nitriles is 1. The first-order valence-electron chi connectivity index (χ1n) is 6.75. The van der Waals surface area contributed by atoms with Crippen LogP contribution in [-0.2, 0) is 4.79 Å². The zero-order chi connectivity index (χ0) is 16.2. The molecule has 0 atom stereocenters. The van der Waals surface area contributed by atoms with Crippen LogP contribution in [0.5, 0.6) is 11.5 Å². The molecule has 0 unspecified atom stereocenters. The van der Waals surface area contributed by atoms with Crippen molar-refractivity contribution in [3.8, 4) is 17.6 Å². The molecule has 1 aliphatic heterocycles. The van der Waals surface area contributed by atoms with E-state index in [0.29, 0.717) is 22.7 Å². The van der Waals surface area contributed by atoms with Crippen molar-refractivity contribution in [1.82, 2.24) is 0 Å². The first kappa shape index (κ1) is 15.4. The summed E-state index contributed by atoms with van der Waals surface area (Å²) in [6.45, 7) is 0.181. The zero-order valence-electron chi connectivity index (χ0n) is 11.9. The fourth-order valence-corrected chi connectivity index (χ4v) is 2.59. The molecule has 1 N–H and O–H groups in total. The van der Waals surface area contributed by atoms with Crippen LogP contribution in [0.25, 0.3) is 6.08 Å². The summed E-state index contributed by atoms with van der Waals surface area (Å²) in [7, 11) is 0. The smallest absolute Gasteiger partial charge is 0.266 e. The lowest BCUT2D eigenvalue weighted by atomic mass is 10.1. The first-order chi connectivity index (χ1) is 11.2. The second-order valence-corrected chi connectivity index (χ2v) is 5.88. The average molecular weight is 418 g/mol. The second kappa shape index (κ2) is 6.71. The van der Waals surface area contributed by atoms with Crippen LogP contribution in [0.3, 0.4) is 0 Å². The van der Waals surface area contributed by atoms with Gasteiger partial charge in [0.25, 0.3) is 5.91 Å². The van der Waals surface area contributed by atoms with Gasteiger partial charge in [0.1, 0.15) is 11.6 Å². The van der Waals surface area contributed by atoms with Crippen LogP contribution in [0.1, 0.15) is 5.56 Å². The van der Waals surface area contributed by atoms with Crippen molar-refractivity contribution in [1.29, 1.82) is 5.26 Å². The van der Waals surface area contributed by atoms with E-state index in [1.165, 1.54) is 6.08 Å². The fourth-order valence-electron chi connectivity index (χ4n) is 2.07. The van der Waals surface area contributed by atoms with Crippen molar-refractivity contribution in [2.75, 3.05) is 12.1 Å². The predicted molar refractivity (Wildman–Crippen MR) is 93.9 cm³/mol. The maximum absolute atomic E-state index is 12.3. The van der Waals surface area contributed by atoms with E-state index < -0.39 is 5.91 Å². The predicted octanol–water partition coefficient (Wildman–Crippen LogP) is 3.57. The third kappa shape index (κ3) is 3.46. The lowest BCUT2D eigenvalue weighted by Gasteiger charge is -2.06. The number of ether oxygens (including phenoxy) is 2. The molecule has 1 aliphatic rings. The van der Waals surface area contributed by atoms with Crippen LogP contribution in [0, 0.1) is 14.9 Å². The number of hydrogen-bond donors (Lipinski definition) is 1. The van der Waals surface area contributed by atoms with Crippen molar-refractivity contribution in [2.24, 2.45) is 0 Å². The van der Waals surface area contributed by atoms with Crippen LogP contribution in [0.2, 0.25) is 0 Å². The van der Waals surface area contributed by atoms with Gasteiger partial charge < -0.3 is 14.8 Å². The van der Waals surface area contributed by atoms with Crippen LogP contribution >= 0.6 is 22.6 Å². The Hall–Kier alpha value is -2.53. The Labute approximate surface area is 146 Å². The molecule has 3 rings (SSSR count). The van der Waals surface area contributed by atoms with E-state index in [-0.39, 0.29) is 12.4 Å². The minimum atomic E-state index is -0.450. The summed E-state index contributed by atoms with van der Waals surface area (Å²) >= 11 is 2.13. The van der Waals surface area contributed by atoms with Gasteiger partial charge in [-0.3, -0.25) is 4.79 Å². The highest BCUT2D eigenvalue weighted by Crippen LogP contribution is 2.33. The van der Waals surface area contributed by atoms with E-state index in [4.69, 9.17) is 9.47 Å². The maximum Gasteiger partial charge on any atom is 0.266 e. The van der Waals surface area contributed by atoms with Crippen molar-refractivity contribution in [2.45, 2.75) is 0 Å². The molecule has 0 aromatic heterocycles. The van der Waals surface area contributed by atoms with Gasteiger partial charge in [0, 0.05) is 3.57 Å². The summed E-state index contributed by atoms with van der Waals surface area (Å²) in [6, 6.07) is 14.6. The zero-order valence-corrected chi connectivity index (χ0v) is 14.0. The van der Waals surface area contributed by atoms with Crippen LogP contribution < -0.4 is 14.8 Å². The van der Waals surface area contributed by atoms with E-state index in [1.807, 2.05) is 24.3 Å². The number of benzene rings is 2. The third-order valence-corrected chi connectivity index (χ3v) is 4.14. The Morgan fingerprint density at radius 2 is 2.00 bits per heavy atom. The summed E-state index contributed by atoms with van der Waals surface area (Å²) in [6.07, 6.45) is 1.52. The molecule has 2 aromatic rings.